The molecule has 2 rings (SSSR count). The van der Waals surface area contributed by atoms with E-state index in [0.29, 0.717) is 5.69 Å². The maximum Gasteiger partial charge on any atom is 0.416 e. The number of hydrogen-bond acceptors (Lipinski definition) is 2. The van der Waals surface area contributed by atoms with Crippen LogP contribution in [0, 0.1) is 13.8 Å². The van der Waals surface area contributed by atoms with Crippen molar-refractivity contribution in [3.63, 3.8) is 0 Å². The Morgan fingerprint density at radius 3 is 2.04 bits per heavy atom. The zero-order valence-corrected chi connectivity index (χ0v) is 14.6. The molecule has 0 saturated heterocycles. The topological polar surface area (TPSA) is 49.4 Å². The molecule has 0 aliphatic carbocycles. The molecule has 138 valence electrons. The third-order valence-corrected chi connectivity index (χ3v) is 3.93. The molecule has 0 heterocycles. The Bertz CT molecular complexity index is 794. The van der Waals surface area contributed by atoms with Gasteiger partial charge in [-0.1, -0.05) is 18.2 Å². The predicted octanol–water partition coefficient (Wildman–Crippen LogP) is 4.03. The fourth-order valence-electron chi connectivity index (χ4n) is 2.50. The van der Waals surface area contributed by atoms with Crippen molar-refractivity contribution in [2.24, 2.45) is 0 Å². The Morgan fingerprint density at radius 2 is 1.54 bits per heavy atom. The lowest BCUT2D eigenvalue weighted by molar-refractivity contribution is -0.137. The van der Waals surface area contributed by atoms with Crippen LogP contribution in [0.15, 0.2) is 42.5 Å². The van der Waals surface area contributed by atoms with E-state index in [9.17, 15) is 22.8 Å². The van der Waals surface area contributed by atoms with Gasteiger partial charge in [0.25, 0.3) is 5.91 Å². The molecule has 0 unspecified atom stereocenters. The van der Waals surface area contributed by atoms with E-state index in [2.05, 4.69) is 5.32 Å². The van der Waals surface area contributed by atoms with E-state index in [1.165, 1.54) is 7.05 Å². The first-order valence-corrected chi connectivity index (χ1v) is 7.88. The van der Waals surface area contributed by atoms with Crippen molar-refractivity contribution >= 4 is 17.5 Å². The van der Waals surface area contributed by atoms with E-state index < -0.39 is 17.6 Å². The second-order valence-electron chi connectivity index (χ2n) is 6.05. The third-order valence-electron chi connectivity index (χ3n) is 3.93. The summed E-state index contributed by atoms with van der Waals surface area (Å²) in [6, 6.07) is 9.49. The average Bonchev–Trinajstić information content (AvgIpc) is 2.57. The highest BCUT2D eigenvalue weighted by molar-refractivity contribution is 5.99. The number of nitrogens with one attached hydrogen (secondary N) is 1. The highest BCUT2D eigenvalue weighted by Crippen LogP contribution is 2.29. The number of anilines is 1. The van der Waals surface area contributed by atoms with Crippen molar-refractivity contribution in [2.45, 2.75) is 20.0 Å². The van der Waals surface area contributed by atoms with Gasteiger partial charge in [0.05, 0.1) is 12.1 Å². The quantitative estimate of drug-likeness (QED) is 0.890. The molecule has 2 aromatic rings. The molecular formula is C19H19F3N2O2. The first kappa shape index (κ1) is 19.5. The molecule has 26 heavy (non-hydrogen) atoms. The molecule has 0 atom stereocenters. The number of para-hydroxylation sites is 1. The summed E-state index contributed by atoms with van der Waals surface area (Å²) < 4.78 is 37.7. The molecule has 0 saturated carbocycles. The van der Waals surface area contributed by atoms with Gasteiger partial charge in [-0.25, -0.2) is 0 Å². The van der Waals surface area contributed by atoms with Crippen LogP contribution in [0.25, 0.3) is 0 Å². The molecule has 4 nitrogen and oxygen atoms in total. The molecule has 2 aromatic carbocycles. The molecule has 0 radical (unpaired) electrons. The number of aryl methyl sites for hydroxylation is 2. The molecule has 0 aliphatic rings. The van der Waals surface area contributed by atoms with Crippen LogP contribution in [0.5, 0.6) is 0 Å². The first-order valence-electron chi connectivity index (χ1n) is 7.88. The first-order chi connectivity index (χ1) is 12.1. The fourth-order valence-corrected chi connectivity index (χ4v) is 2.50. The van der Waals surface area contributed by atoms with Crippen LogP contribution in [-0.4, -0.2) is 30.3 Å². The minimum Gasteiger partial charge on any atom is -0.332 e. The molecule has 0 fully saturated rings. The summed E-state index contributed by atoms with van der Waals surface area (Å²) >= 11 is 0. The lowest BCUT2D eigenvalue weighted by Gasteiger charge is -2.18. The summed E-state index contributed by atoms with van der Waals surface area (Å²) in [4.78, 5) is 25.6. The molecular weight excluding hydrogens is 345 g/mol. The number of hydrogen-bond donors (Lipinski definition) is 1. The number of halogens is 3. The molecule has 0 aromatic heterocycles. The van der Waals surface area contributed by atoms with Gasteiger partial charge in [0.2, 0.25) is 5.91 Å². The SMILES string of the molecule is Cc1cccc(C)c1NC(=O)CN(C)C(=O)c1ccc(C(F)(F)F)cc1. The van der Waals surface area contributed by atoms with E-state index in [1.807, 2.05) is 32.0 Å². The van der Waals surface area contributed by atoms with E-state index in [-0.39, 0.29) is 18.0 Å². The fraction of sp³-hybridized carbons (Fsp3) is 0.263. The highest BCUT2D eigenvalue weighted by atomic mass is 19.4. The van der Waals surface area contributed by atoms with Crippen LogP contribution in [0.2, 0.25) is 0 Å². The van der Waals surface area contributed by atoms with Crippen LogP contribution < -0.4 is 5.32 Å². The molecule has 2 amide bonds. The number of carbonyl (C=O) groups excluding carboxylic acids is 2. The van der Waals surface area contributed by atoms with Crippen molar-refractivity contribution in [3.05, 3.63) is 64.7 Å². The van der Waals surface area contributed by atoms with Crippen molar-refractivity contribution < 1.29 is 22.8 Å². The van der Waals surface area contributed by atoms with E-state index in [0.717, 1.165) is 40.3 Å². The van der Waals surface area contributed by atoms with Gasteiger partial charge in [-0.05, 0) is 49.2 Å². The molecule has 0 spiro atoms. The predicted molar refractivity (Wildman–Crippen MR) is 93.0 cm³/mol. The Hall–Kier alpha value is -2.83. The van der Waals surface area contributed by atoms with Gasteiger partial charge in [0, 0.05) is 18.3 Å². The van der Waals surface area contributed by atoms with Gasteiger partial charge < -0.3 is 10.2 Å². The van der Waals surface area contributed by atoms with Gasteiger partial charge in [-0.15, -0.1) is 0 Å². The maximum atomic E-state index is 12.6. The summed E-state index contributed by atoms with van der Waals surface area (Å²) in [5.74, 6) is -0.916. The maximum absolute atomic E-state index is 12.6. The van der Waals surface area contributed by atoms with Gasteiger partial charge in [-0.2, -0.15) is 13.2 Å². The number of nitrogens with zero attached hydrogens (tertiary/aromatic N) is 1. The van der Waals surface area contributed by atoms with Crippen LogP contribution in [0.3, 0.4) is 0 Å². The van der Waals surface area contributed by atoms with Gasteiger partial charge in [0.15, 0.2) is 0 Å². The van der Waals surface area contributed by atoms with E-state index >= 15 is 0 Å². The molecule has 0 bridgehead atoms. The van der Waals surface area contributed by atoms with Crippen LogP contribution in [-0.2, 0) is 11.0 Å². The summed E-state index contributed by atoms with van der Waals surface area (Å²) in [6.45, 7) is 3.51. The lowest BCUT2D eigenvalue weighted by Crippen LogP contribution is -2.35. The summed E-state index contributed by atoms with van der Waals surface area (Å²) in [6.07, 6.45) is -4.46. The zero-order valence-electron chi connectivity index (χ0n) is 14.6. The van der Waals surface area contributed by atoms with Crippen LogP contribution in [0.4, 0.5) is 18.9 Å². The summed E-state index contributed by atoms with van der Waals surface area (Å²) in [7, 11) is 1.42. The molecule has 1 N–H and O–H groups in total. The Morgan fingerprint density at radius 1 is 1.00 bits per heavy atom. The number of likely N-dealkylation sites (N-methyl/N-ethyl adjacent to an activating group) is 1. The number of rotatable bonds is 4. The normalized spacial score (nSPS) is 11.2. The Labute approximate surface area is 149 Å². The average molecular weight is 364 g/mol. The number of alkyl halides is 3. The van der Waals surface area contributed by atoms with Crippen molar-refractivity contribution in [3.8, 4) is 0 Å². The van der Waals surface area contributed by atoms with E-state index in [4.69, 9.17) is 0 Å². The molecule has 0 aliphatic heterocycles. The second kappa shape index (κ2) is 7.59. The van der Waals surface area contributed by atoms with Crippen molar-refractivity contribution in [1.82, 2.24) is 4.90 Å². The Balaban J connectivity index is 2.03. The minimum absolute atomic E-state index is 0.0837. The zero-order chi connectivity index (χ0) is 19.5. The standard InChI is InChI=1S/C19H19F3N2O2/c1-12-5-4-6-13(2)17(12)23-16(25)11-24(3)18(26)14-7-9-15(10-8-14)19(20,21)22/h4-10H,11H2,1-3H3,(H,23,25). The Kier molecular flexibility index (Phi) is 5.69. The lowest BCUT2D eigenvalue weighted by atomic mass is 10.1. The number of benzene rings is 2. The van der Waals surface area contributed by atoms with Gasteiger partial charge >= 0.3 is 6.18 Å². The summed E-state index contributed by atoms with van der Waals surface area (Å²) in [5, 5.41) is 2.76. The van der Waals surface area contributed by atoms with Gasteiger partial charge in [-0.3, -0.25) is 9.59 Å². The van der Waals surface area contributed by atoms with Crippen molar-refractivity contribution in [1.29, 1.82) is 0 Å². The molecule has 7 heteroatoms. The van der Waals surface area contributed by atoms with Crippen molar-refractivity contribution in [2.75, 3.05) is 18.9 Å². The minimum atomic E-state index is -4.46. The van der Waals surface area contributed by atoms with Crippen LogP contribution >= 0.6 is 0 Å². The van der Waals surface area contributed by atoms with Gasteiger partial charge in [0.1, 0.15) is 0 Å². The summed E-state index contributed by atoms with van der Waals surface area (Å²) in [5.41, 5.74) is 1.74. The number of amides is 2. The van der Waals surface area contributed by atoms with E-state index in [1.54, 1.807) is 0 Å². The highest BCUT2D eigenvalue weighted by Gasteiger charge is 2.30. The third kappa shape index (κ3) is 4.62. The smallest absolute Gasteiger partial charge is 0.332 e. The van der Waals surface area contributed by atoms with Crippen LogP contribution in [0.1, 0.15) is 27.0 Å². The monoisotopic (exact) mass is 364 g/mol. The largest absolute Gasteiger partial charge is 0.416 e. The second-order valence-corrected chi connectivity index (χ2v) is 6.05. The number of carbonyl (C=O) groups is 2.